The Bertz CT molecular complexity index is 889. The van der Waals surface area contributed by atoms with Crippen molar-refractivity contribution in [2.45, 2.75) is 11.1 Å². The molecule has 2 rings (SSSR count). The molecule has 0 N–H and O–H groups in total. The lowest BCUT2D eigenvalue weighted by Crippen LogP contribution is -2.14. The maximum Gasteiger partial charge on any atom is 0.420 e. The highest BCUT2D eigenvalue weighted by Gasteiger charge is 2.35. The Kier molecular flexibility index (Phi) is 4.54. The first-order valence-electron chi connectivity index (χ1n) is 5.95. The summed E-state index contributed by atoms with van der Waals surface area (Å²) in [6.45, 7) is 0. The Morgan fingerprint density at radius 2 is 1.78 bits per heavy atom. The van der Waals surface area contributed by atoms with Gasteiger partial charge in [-0.15, -0.1) is 0 Å². The van der Waals surface area contributed by atoms with E-state index < -0.39 is 32.5 Å². The third kappa shape index (κ3) is 3.75. The summed E-state index contributed by atoms with van der Waals surface area (Å²) in [4.78, 5) is -0.460. The molecular formula is C14H7ClF3NO3S. The van der Waals surface area contributed by atoms with E-state index >= 15 is 0 Å². The van der Waals surface area contributed by atoms with Crippen LogP contribution in [0.25, 0.3) is 0 Å². The first-order chi connectivity index (χ1) is 10.6. The summed E-state index contributed by atoms with van der Waals surface area (Å²) in [5.41, 5.74) is -1.19. The van der Waals surface area contributed by atoms with Gasteiger partial charge in [0.25, 0.3) is 0 Å². The normalized spacial score (nSPS) is 11.8. The van der Waals surface area contributed by atoms with Gasteiger partial charge in [-0.2, -0.15) is 26.9 Å². The SMILES string of the molecule is N#Cc1ccc(S(=O)(=O)Oc2ccccc2C(F)(F)F)cc1Cl. The highest BCUT2D eigenvalue weighted by Crippen LogP contribution is 2.37. The van der Waals surface area contributed by atoms with Crippen LogP contribution in [0.3, 0.4) is 0 Å². The van der Waals surface area contributed by atoms with Gasteiger partial charge in [-0.3, -0.25) is 0 Å². The maximum absolute atomic E-state index is 12.9. The summed E-state index contributed by atoms with van der Waals surface area (Å²) < 4.78 is 67.4. The van der Waals surface area contributed by atoms with E-state index in [1.54, 1.807) is 6.07 Å². The van der Waals surface area contributed by atoms with Crippen LogP contribution in [0.1, 0.15) is 11.1 Å². The van der Waals surface area contributed by atoms with Gasteiger partial charge in [0.1, 0.15) is 11.0 Å². The molecule has 0 spiro atoms. The van der Waals surface area contributed by atoms with Crippen molar-refractivity contribution in [3.63, 3.8) is 0 Å². The predicted molar refractivity (Wildman–Crippen MR) is 75.4 cm³/mol. The molecular weight excluding hydrogens is 355 g/mol. The van der Waals surface area contributed by atoms with Gasteiger partial charge >= 0.3 is 16.3 Å². The lowest BCUT2D eigenvalue weighted by atomic mass is 10.2. The first-order valence-corrected chi connectivity index (χ1v) is 7.74. The van der Waals surface area contributed by atoms with E-state index in [4.69, 9.17) is 16.9 Å². The number of alkyl halides is 3. The molecule has 4 nitrogen and oxygen atoms in total. The molecule has 0 saturated carbocycles. The Morgan fingerprint density at radius 1 is 1.13 bits per heavy atom. The third-order valence-electron chi connectivity index (χ3n) is 2.74. The molecule has 0 amide bonds. The zero-order valence-corrected chi connectivity index (χ0v) is 12.7. The molecule has 2 aromatic carbocycles. The molecule has 0 heterocycles. The van der Waals surface area contributed by atoms with Crippen molar-refractivity contribution in [1.82, 2.24) is 0 Å². The fourth-order valence-corrected chi connectivity index (χ4v) is 2.94. The van der Waals surface area contributed by atoms with Gasteiger partial charge in [-0.1, -0.05) is 23.7 Å². The van der Waals surface area contributed by atoms with Crippen molar-refractivity contribution in [3.8, 4) is 11.8 Å². The Morgan fingerprint density at radius 3 is 2.35 bits per heavy atom. The standard InChI is InChI=1S/C14H7ClF3NO3S/c15-12-7-10(6-5-9(12)8-19)23(20,21)22-13-4-2-1-3-11(13)14(16,17)18/h1-7H. The molecule has 0 aliphatic carbocycles. The summed E-state index contributed by atoms with van der Waals surface area (Å²) in [5.74, 6) is -0.847. The smallest absolute Gasteiger partial charge is 0.378 e. The quantitative estimate of drug-likeness (QED) is 0.775. The second-order valence-corrected chi connectivity index (χ2v) is 6.24. The summed E-state index contributed by atoms with van der Waals surface area (Å²) >= 11 is 5.72. The minimum Gasteiger partial charge on any atom is -0.378 e. The number of halogens is 4. The van der Waals surface area contributed by atoms with Crippen molar-refractivity contribution in [2.24, 2.45) is 0 Å². The summed E-state index contributed by atoms with van der Waals surface area (Å²) in [7, 11) is -4.54. The van der Waals surface area contributed by atoms with E-state index in [1.807, 2.05) is 0 Å². The highest BCUT2D eigenvalue weighted by atomic mass is 35.5. The van der Waals surface area contributed by atoms with Gasteiger partial charge in [0.2, 0.25) is 0 Å². The minimum absolute atomic E-state index is 0.0290. The van der Waals surface area contributed by atoms with E-state index in [1.165, 1.54) is 6.07 Å². The van der Waals surface area contributed by atoms with Crippen LogP contribution >= 0.6 is 11.6 Å². The number of nitrogens with zero attached hydrogens (tertiary/aromatic N) is 1. The minimum atomic E-state index is -4.77. The van der Waals surface area contributed by atoms with Gasteiger partial charge in [0.05, 0.1) is 16.1 Å². The van der Waals surface area contributed by atoms with E-state index in [-0.39, 0.29) is 10.6 Å². The van der Waals surface area contributed by atoms with Crippen molar-refractivity contribution in [2.75, 3.05) is 0 Å². The molecule has 0 aliphatic heterocycles. The van der Waals surface area contributed by atoms with Crippen LogP contribution in [-0.2, 0) is 16.3 Å². The molecule has 9 heteroatoms. The Balaban J connectivity index is 2.44. The third-order valence-corrected chi connectivity index (χ3v) is 4.28. The molecule has 0 aromatic heterocycles. The number of para-hydroxylation sites is 1. The summed E-state index contributed by atoms with van der Waals surface area (Å²) in [6, 6.07) is 8.75. The van der Waals surface area contributed by atoms with E-state index in [2.05, 4.69) is 4.18 Å². The second kappa shape index (κ2) is 6.10. The molecule has 0 aliphatic rings. The summed E-state index contributed by atoms with van der Waals surface area (Å²) in [5, 5.41) is 8.58. The highest BCUT2D eigenvalue weighted by molar-refractivity contribution is 7.87. The number of benzene rings is 2. The summed E-state index contributed by atoms with van der Waals surface area (Å²) in [6.07, 6.45) is -4.77. The molecule has 0 unspecified atom stereocenters. The largest absolute Gasteiger partial charge is 0.420 e. The zero-order chi connectivity index (χ0) is 17.3. The van der Waals surface area contributed by atoms with Gasteiger partial charge in [0.15, 0.2) is 5.75 Å². The zero-order valence-electron chi connectivity index (χ0n) is 11.1. The van der Waals surface area contributed by atoms with E-state index in [0.29, 0.717) is 6.07 Å². The maximum atomic E-state index is 12.9. The number of hydrogen-bond donors (Lipinski definition) is 0. The van der Waals surface area contributed by atoms with Crippen LogP contribution in [0.2, 0.25) is 5.02 Å². The molecule has 0 bridgehead atoms. The van der Waals surface area contributed by atoms with Crippen LogP contribution in [-0.4, -0.2) is 8.42 Å². The molecule has 2 aromatic rings. The average molecular weight is 362 g/mol. The fraction of sp³-hybridized carbons (Fsp3) is 0.0714. The van der Waals surface area contributed by atoms with Crippen molar-refractivity contribution in [1.29, 1.82) is 5.26 Å². The van der Waals surface area contributed by atoms with Crippen LogP contribution < -0.4 is 4.18 Å². The molecule has 23 heavy (non-hydrogen) atoms. The van der Waals surface area contributed by atoms with Gasteiger partial charge in [0, 0.05) is 0 Å². The van der Waals surface area contributed by atoms with Crippen molar-refractivity contribution >= 4 is 21.7 Å². The monoisotopic (exact) mass is 361 g/mol. The van der Waals surface area contributed by atoms with Crippen LogP contribution in [0.4, 0.5) is 13.2 Å². The van der Waals surface area contributed by atoms with Crippen LogP contribution in [0.5, 0.6) is 5.75 Å². The molecule has 0 fully saturated rings. The van der Waals surface area contributed by atoms with Gasteiger partial charge in [-0.05, 0) is 30.3 Å². The number of nitriles is 1. The second-order valence-electron chi connectivity index (χ2n) is 4.28. The van der Waals surface area contributed by atoms with Crippen LogP contribution in [0, 0.1) is 11.3 Å². The Labute approximate surface area is 134 Å². The fourth-order valence-electron chi connectivity index (χ4n) is 1.68. The van der Waals surface area contributed by atoms with E-state index in [0.717, 1.165) is 30.3 Å². The predicted octanol–water partition coefficient (Wildman–Crippen LogP) is 4.00. The number of hydrogen-bond acceptors (Lipinski definition) is 4. The lowest BCUT2D eigenvalue weighted by molar-refractivity contribution is -0.138. The molecule has 0 radical (unpaired) electrons. The van der Waals surface area contributed by atoms with E-state index in [9.17, 15) is 21.6 Å². The molecule has 0 saturated heterocycles. The van der Waals surface area contributed by atoms with Gasteiger partial charge in [-0.25, -0.2) is 0 Å². The lowest BCUT2D eigenvalue weighted by Gasteiger charge is -2.13. The van der Waals surface area contributed by atoms with Crippen molar-refractivity contribution in [3.05, 3.63) is 58.6 Å². The van der Waals surface area contributed by atoms with Gasteiger partial charge < -0.3 is 4.18 Å². The molecule has 0 atom stereocenters. The first kappa shape index (κ1) is 17.1. The molecule has 120 valence electrons. The Hall–Kier alpha value is -2.24. The van der Waals surface area contributed by atoms with Crippen molar-refractivity contribution < 1.29 is 25.8 Å². The topological polar surface area (TPSA) is 67.2 Å². The average Bonchev–Trinajstić information content (AvgIpc) is 2.46. The number of rotatable bonds is 3. The van der Waals surface area contributed by atoms with Crippen LogP contribution in [0.15, 0.2) is 47.4 Å².